The van der Waals surface area contributed by atoms with Crippen molar-refractivity contribution < 1.29 is 27.9 Å². The quantitative estimate of drug-likeness (QED) is 0.759. The Kier molecular flexibility index (Phi) is 6.59. The van der Waals surface area contributed by atoms with E-state index in [2.05, 4.69) is 10.6 Å². The molecule has 27 heavy (non-hydrogen) atoms. The summed E-state index contributed by atoms with van der Waals surface area (Å²) in [6, 6.07) is 9.50. The van der Waals surface area contributed by atoms with Gasteiger partial charge in [0.15, 0.2) is 17.7 Å². The van der Waals surface area contributed by atoms with E-state index in [1.54, 1.807) is 24.3 Å². The molecule has 6 nitrogen and oxygen atoms in total. The number of carbonyl (C=O) groups is 3. The van der Waals surface area contributed by atoms with Gasteiger partial charge in [-0.1, -0.05) is 12.1 Å². The van der Waals surface area contributed by atoms with Crippen LogP contribution in [-0.4, -0.2) is 23.9 Å². The zero-order chi connectivity index (χ0) is 20.0. The summed E-state index contributed by atoms with van der Waals surface area (Å²) < 4.78 is 31.1. The Morgan fingerprint density at radius 3 is 2.19 bits per heavy atom. The lowest BCUT2D eigenvalue weighted by Gasteiger charge is -2.14. The Hall–Kier alpha value is -3.29. The first-order valence-electron chi connectivity index (χ1n) is 8.06. The average Bonchev–Trinajstić information content (AvgIpc) is 2.59. The molecule has 0 aromatic heterocycles. The number of hydrogen-bond acceptors (Lipinski definition) is 4. The number of ether oxygens (including phenoxy) is 1. The molecule has 0 heterocycles. The van der Waals surface area contributed by atoms with Crippen LogP contribution >= 0.6 is 0 Å². The van der Waals surface area contributed by atoms with Crippen molar-refractivity contribution in [1.29, 1.82) is 0 Å². The third-order valence-electron chi connectivity index (χ3n) is 3.49. The summed E-state index contributed by atoms with van der Waals surface area (Å²) in [6.07, 6.45) is -1.19. The molecule has 2 aromatic carbocycles. The first kappa shape index (κ1) is 20.0. The summed E-state index contributed by atoms with van der Waals surface area (Å²) in [6.45, 7) is 2.75. The molecular formula is C19H18F2N2O4. The van der Waals surface area contributed by atoms with Crippen LogP contribution in [0.3, 0.4) is 0 Å². The molecule has 0 spiro atoms. The van der Waals surface area contributed by atoms with Crippen molar-refractivity contribution in [3.05, 3.63) is 59.7 Å². The highest BCUT2D eigenvalue weighted by molar-refractivity contribution is 5.95. The van der Waals surface area contributed by atoms with Crippen LogP contribution in [0.5, 0.6) is 0 Å². The van der Waals surface area contributed by atoms with E-state index in [-0.39, 0.29) is 18.0 Å². The van der Waals surface area contributed by atoms with Crippen molar-refractivity contribution in [3.8, 4) is 0 Å². The lowest BCUT2D eigenvalue weighted by atomic mass is 10.1. The second-order valence-electron chi connectivity index (χ2n) is 5.81. The van der Waals surface area contributed by atoms with Gasteiger partial charge < -0.3 is 15.4 Å². The van der Waals surface area contributed by atoms with Gasteiger partial charge in [-0.3, -0.25) is 14.4 Å². The lowest BCUT2D eigenvalue weighted by molar-refractivity contribution is -0.152. The Bertz CT molecular complexity index is 853. The van der Waals surface area contributed by atoms with Gasteiger partial charge in [0, 0.05) is 24.4 Å². The summed E-state index contributed by atoms with van der Waals surface area (Å²) in [7, 11) is 0. The van der Waals surface area contributed by atoms with E-state index in [4.69, 9.17) is 4.74 Å². The normalized spacial score (nSPS) is 11.4. The minimum absolute atomic E-state index is 0.0513. The maximum atomic E-state index is 13.1. The highest BCUT2D eigenvalue weighted by Crippen LogP contribution is 2.14. The Morgan fingerprint density at radius 2 is 1.59 bits per heavy atom. The van der Waals surface area contributed by atoms with Crippen molar-refractivity contribution in [1.82, 2.24) is 0 Å². The Balaban J connectivity index is 1.87. The molecule has 142 valence electrons. The third-order valence-corrected chi connectivity index (χ3v) is 3.49. The van der Waals surface area contributed by atoms with Gasteiger partial charge in [-0.25, -0.2) is 8.78 Å². The van der Waals surface area contributed by atoms with Crippen molar-refractivity contribution in [3.63, 3.8) is 0 Å². The fraction of sp³-hybridized carbons (Fsp3) is 0.211. The molecule has 0 saturated carbocycles. The first-order valence-corrected chi connectivity index (χ1v) is 8.06. The van der Waals surface area contributed by atoms with Crippen LogP contribution in [0.15, 0.2) is 42.5 Å². The van der Waals surface area contributed by atoms with Gasteiger partial charge in [-0.05, 0) is 36.8 Å². The van der Waals surface area contributed by atoms with Crippen LogP contribution in [0.1, 0.15) is 19.4 Å². The van der Waals surface area contributed by atoms with E-state index < -0.39 is 29.6 Å². The molecule has 0 aliphatic heterocycles. The van der Waals surface area contributed by atoms with Crippen LogP contribution in [-0.2, 0) is 25.5 Å². The van der Waals surface area contributed by atoms with E-state index in [0.29, 0.717) is 11.3 Å². The molecule has 2 rings (SSSR count). The number of esters is 1. The molecule has 0 saturated heterocycles. The van der Waals surface area contributed by atoms with Gasteiger partial charge >= 0.3 is 5.97 Å². The summed E-state index contributed by atoms with van der Waals surface area (Å²) in [4.78, 5) is 34.9. The fourth-order valence-corrected chi connectivity index (χ4v) is 2.19. The van der Waals surface area contributed by atoms with Crippen LogP contribution in [0.4, 0.5) is 20.2 Å². The van der Waals surface area contributed by atoms with Crippen molar-refractivity contribution in [2.45, 2.75) is 26.4 Å². The number of carbonyl (C=O) groups excluding carboxylic acids is 3. The molecule has 0 fully saturated rings. The molecule has 0 unspecified atom stereocenters. The van der Waals surface area contributed by atoms with Crippen LogP contribution < -0.4 is 10.6 Å². The predicted octanol–water partition coefficient (Wildman–Crippen LogP) is 3.04. The van der Waals surface area contributed by atoms with Crippen LogP contribution in [0, 0.1) is 11.6 Å². The largest absolute Gasteiger partial charge is 0.452 e. The highest BCUT2D eigenvalue weighted by Gasteiger charge is 2.18. The van der Waals surface area contributed by atoms with Gasteiger partial charge in [0.1, 0.15) is 0 Å². The minimum Gasteiger partial charge on any atom is -0.452 e. The molecule has 0 radical (unpaired) electrons. The number of hydrogen-bond donors (Lipinski definition) is 2. The molecule has 8 heteroatoms. The van der Waals surface area contributed by atoms with E-state index in [9.17, 15) is 23.2 Å². The van der Waals surface area contributed by atoms with Crippen molar-refractivity contribution in [2.24, 2.45) is 0 Å². The minimum atomic E-state index is -1.12. The van der Waals surface area contributed by atoms with E-state index >= 15 is 0 Å². The summed E-state index contributed by atoms with van der Waals surface area (Å²) in [5, 5.41) is 4.95. The van der Waals surface area contributed by atoms with Crippen LogP contribution in [0.2, 0.25) is 0 Å². The summed E-state index contributed by atoms with van der Waals surface area (Å²) in [5.41, 5.74) is 1.29. The molecular weight excluding hydrogens is 358 g/mol. The van der Waals surface area contributed by atoms with Gasteiger partial charge in [-0.2, -0.15) is 0 Å². The highest BCUT2D eigenvalue weighted by atomic mass is 19.2. The standard InChI is InChI=1S/C19H18F2N2O4/c1-11(19(26)23-15-7-8-16(20)17(21)10-15)27-18(25)9-13-3-5-14(6-4-13)22-12(2)24/h3-8,10-11H,9H2,1-2H3,(H,22,24)(H,23,26)/t11-/m0/s1. The number of amides is 2. The predicted molar refractivity (Wildman–Crippen MR) is 95.0 cm³/mol. The number of anilines is 2. The first-order chi connectivity index (χ1) is 12.7. The zero-order valence-corrected chi connectivity index (χ0v) is 14.7. The molecule has 2 amide bonds. The lowest BCUT2D eigenvalue weighted by Crippen LogP contribution is -2.30. The zero-order valence-electron chi connectivity index (χ0n) is 14.7. The van der Waals surface area contributed by atoms with Gasteiger partial charge in [-0.15, -0.1) is 0 Å². The molecule has 2 N–H and O–H groups in total. The average molecular weight is 376 g/mol. The van der Waals surface area contributed by atoms with E-state index in [1.165, 1.54) is 19.9 Å². The maximum Gasteiger partial charge on any atom is 0.311 e. The van der Waals surface area contributed by atoms with E-state index in [0.717, 1.165) is 12.1 Å². The van der Waals surface area contributed by atoms with Gasteiger partial charge in [0.05, 0.1) is 6.42 Å². The molecule has 2 aromatic rings. The fourth-order valence-electron chi connectivity index (χ4n) is 2.19. The van der Waals surface area contributed by atoms with Crippen molar-refractivity contribution >= 4 is 29.2 Å². The second-order valence-corrected chi connectivity index (χ2v) is 5.81. The number of benzene rings is 2. The molecule has 0 aliphatic rings. The molecule has 0 aliphatic carbocycles. The Morgan fingerprint density at radius 1 is 0.963 bits per heavy atom. The number of halogens is 2. The summed E-state index contributed by atoms with van der Waals surface area (Å²) >= 11 is 0. The third kappa shape index (κ3) is 6.18. The summed E-state index contributed by atoms with van der Waals surface area (Å²) in [5.74, 6) is -3.63. The topological polar surface area (TPSA) is 84.5 Å². The van der Waals surface area contributed by atoms with Crippen molar-refractivity contribution in [2.75, 3.05) is 10.6 Å². The van der Waals surface area contributed by atoms with Gasteiger partial charge in [0.25, 0.3) is 5.91 Å². The number of rotatable bonds is 6. The maximum absolute atomic E-state index is 13.1. The smallest absolute Gasteiger partial charge is 0.311 e. The van der Waals surface area contributed by atoms with Crippen LogP contribution in [0.25, 0.3) is 0 Å². The Labute approximate surface area is 154 Å². The monoisotopic (exact) mass is 376 g/mol. The second kappa shape index (κ2) is 8.88. The van der Waals surface area contributed by atoms with E-state index in [1.807, 2.05) is 0 Å². The molecule has 1 atom stereocenters. The van der Waals surface area contributed by atoms with Gasteiger partial charge in [0.2, 0.25) is 5.91 Å². The molecule has 0 bridgehead atoms. The SMILES string of the molecule is CC(=O)Nc1ccc(CC(=O)O[C@@H](C)C(=O)Nc2ccc(F)c(F)c2)cc1. The number of nitrogens with one attached hydrogen (secondary N) is 2.